The van der Waals surface area contributed by atoms with Gasteiger partial charge in [-0.05, 0) is 12.8 Å². The van der Waals surface area contributed by atoms with Crippen molar-refractivity contribution in [2.75, 3.05) is 6.54 Å². The number of nitrogens with two attached hydrogens (primary N) is 1. The van der Waals surface area contributed by atoms with Gasteiger partial charge in [-0.2, -0.15) is 0 Å². The summed E-state index contributed by atoms with van der Waals surface area (Å²) < 4.78 is 0. The summed E-state index contributed by atoms with van der Waals surface area (Å²) in [5, 5.41) is 9.40. The average molecular weight is 142 g/mol. The van der Waals surface area contributed by atoms with Gasteiger partial charge in [-0.15, -0.1) is 0 Å². The van der Waals surface area contributed by atoms with Crippen molar-refractivity contribution in [1.29, 1.82) is 5.41 Å². The fourth-order valence-corrected chi connectivity index (χ4v) is 0.545. The molecule has 4 heteroatoms. The minimum Gasteiger partial charge on any atom is -0.370 e. The number of hydrogen-bond acceptors (Lipinski definition) is 2. The van der Waals surface area contributed by atoms with Gasteiger partial charge in [0, 0.05) is 13.0 Å². The third-order valence-electron chi connectivity index (χ3n) is 1.02. The highest BCUT2D eigenvalue weighted by Crippen LogP contribution is 1.88. The molecule has 0 unspecified atom stereocenters. The molecule has 0 aliphatic heterocycles. The van der Waals surface area contributed by atoms with E-state index in [1.165, 1.54) is 0 Å². The minimum atomic E-state index is -0.0184. The Labute approximate surface area is 60.3 Å². The van der Waals surface area contributed by atoms with Crippen LogP contribution in [0.15, 0.2) is 0 Å². The first-order chi connectivity index (χ1) is 4.77. The van der Waals surface area contributed by atoms with E-state index in [4.69, 9.17) is 11.1 Å². The van der Waals surface area contributed by atoms with Crippen molar-refractivity contribution in [3.05, 3.63) is 0 Å². The van der Waals surface area contributed by atoms with Crippen LogP contribution in [-0.2, 0) is 4.79 Å². The summed E-state index contributed by atoms with van der Waals surface area (Å²) in [4.78, 5) is 9.69. The van der Waals surface area contributed by atoms with Crippen molar-refractivity contribution < 1.29 is 4.79 Å². The first kappa shape index (κ1) is 8.94. The van der Waals surface area contributed by atoms with E-state index < -0.39 is 0 Å². The molecule has 0 saturated heterocycles. The van der Waals surface area contributed by atoms with Gasteiger partial charge in [0.15, 0.2) is 12.2 Å². The second kappa shape index (κ2) is 6.07. The van der Waals surface area contributed by atoms with E-state index in [0.29, 0.717) is 13.0 Å². The molecule has 0 rings (SSSR count). The van der Waals surface area contributed by atoms with Gasteiger partial charge in [-0.3, -0.25) is 10.2 Å². The topological polar surface area (TPSA) is 79.0 Å². The third-order valence-corrected chi connectivity index (χ3v) is 1.02. The normalized spacial score (nSPS) is 8.80. The lowest BCUT2D eigenvalue weighted by Gasteiger charge is -2.00. The number of guanidine groups is 1. The molecule has 0 aromatic carbocycles. The molecule has 0 aliphatic carbocycles. The van der Waals surface area contributed by atoms with Crippen LogP contribution >= 0.6 is 0 Å². The van der Waals surface area contributed by atoms with E-state index in [0.717, 1.165) is 12.8 Å². The zero-order valence-corrected chi connectivity index (χ0v) is 5.81. The number of carbonyl (C=O) groups excluding carboxylic acids is 1. The van der Waals surface area contributed by atoms with E-state index in [-0.39, 0.29) is 5.96 Å². The van der Waals surface area contributed by atoms with Crippen LogP contribution in [0.5, 0.6) is 0 Å². The molecular weight excluding hydrogens is 130 g/mol. The van der Waals surface area contributed by atoms with Crippen molar-refractivity contribution in [1.82, 2.24) is 5.32 Å². The van der Waals surface area contributed by atoms with Gasteiger partial charge in [0.2, 0.25) is 0 Å². The molecule has 57 valence electrons. The molecule has 0 aliphatic rings. The second-order valence-electron chi connectivity index (χ2n) is 1.94. The molecule has 1 radical (unpaired) electrons. The third kappa shape index (κ3) is 6.94. The van der Waals surface area contributed by atoms with Crippen LogP contribution < -0.4 is 11.1 Å². The van der Waals surface area contributed by atoms with Gasteiger partial charge in [0.25, 0.3) is 0 Å². The summed E-state index contributed by atoms with van der Waals surface area (Å²) in [7, 11) is 0. The van der Waals surface area contributed by atoms with Crippen LogP contribution in [0.1, 0.15) is 19.3 Å². The molecule has 10 heavy (non-hydrogen) atoms. The Kier molecular flexibility index (Phi) is 5.42. The van der Waals surface area contributed by atoms with Crippen molar-refractivity contribution in [2.24, 2.45) is 5.73 Å². The minimum absolute atomic E-state index is 0.0184. The van der Waals surface area contributed by atoms with Crippen molar-refractivity contribution >= 4 is 12.2 Å². The lowest BCUT2D eigenvalue weighted by molar-refractivity contribution is 0.546. The Hall–Kier alpha value is -1.06. The maximum Gasteiger partial charge on any atom is 0.198 e. The molecule has 0 amide bonds. The lowest BCUT2D eigenvalue weighted by Crippen LogP contribution is -2.30. The van der Waals surface area contributed by atoms with Gasteiger partial charge in [-0.1, -0.05) is 0 Å². The monoisotopic (exact) mass is 142 g/mol. The summed E-state index contributed by atoms with van der Waals surface area (Å²) in [6.07, 6.45) is 3.93. The van der Waals surface area contributed by atoms with Crippen molar-refractivity contribution in [2.45, 2.75) is 19.3 Å². The number of hydrogen-bond donors (Lipinski definition) is 3. The standard InChI is InChI=1S/C6H12N3O/c7-6(8)9-4-2-1-3-5-10/h1-4H2,(H4,7,8,9). The maximum absolute atomic E-state index is 9.69. The van der Waals surface area contributed by atoms with E-state index >= 15 is 0 Å². The van der Waals surface area contributed by atoms with E-state index in [1.54, 1.807) is 6.29 Å². The van der Waals surface area contributed by atoms with Crippen molar-refractivity contribution in [3.8, 4) is 0 Å². The molecule has 0 heterocycles. The van der Waals surface area contributed by atoms with Crippen LogP contribution in [0, 0.1) is 5.41 Å². The first-order valence-electron chi connectivity index (χ1n) is 3.20. The summed E-state index contributed by atoms with van der Waals surface area (Å²) in [6, 6.07) is 0. The summed E-state index contributed by atoms with van der Waals surface area (Å²) in [5.41, 5.74) is 5.00. The Morgan fingerprint density at radius 3 is 2.80 bits per heavy atom. The summed E-state index contributed by atoms with van der Waals surface area (Å²) >= 11 is 0. The van der Waals surface area contributed by atoms with Crippen molar-refractivity contribution in [3.63, 3.8) is 0 Å². The number of unbranched alkanes of at least 4 members (excludes halogenated alkanes) is 2. The molecule has 0 atom stereocenters. The van der Waals surface area contributed by atoms with Crippen LogP contribution in [-0.4, -0.2) is 18.8 Å². The Bertz CT molecular complexity index is 114. The van der Waals surface area contributed by atoms with Gasteiger partial charge in [0.05, 0.1) is 0 Å². The highest BCUT2D eigenvalue weighted by molar-refractivity contribution is 5.74. The summed E-state index contributed by atoms with van der Waals surface area (Å²) in [6.45, 7) is 0.664. The molecule has 4 N–H and O–H groups in total. The largest absolute Gasteiger partial charge is 0.370 e. The predicted octanol–water partition coefficient (Wildman–Crippen LogP) is -0.251. The van der Waals surface area contributed by atoms with Crippen LogP contribution in [0.25, 0.3) is 0 Å². The van der Waals surface area contributed by atoms with E-state index in [1.807, 2.05) is 0 Å². The molecule has 0 saturated carbocycles. The Morgan fingerprint density at radius 1 is 1.60 bits per heavy atom. The van der Waals surface area contributed by atoms with Gasteiger partial charge in [-0.25, -0.2) is 0 Å². The van der Waals surface area contributed by atoms with Gasteiger partial charge < -0.3 is 11.1 Å². The van der Waals surface area contributed by atoms with E-state index in [2.05, 4.69) is 5.32 Å². The Morgan fingerprint density at radius 2 is 2.30 bits per heavy atom. The van der Waals surface area contributed by atoms with Crippen LogP contribution in [0.2, 0.25) is 0 Å². The second-order valence-corrected chi connectivity index (χ2v) is 1.94. The summed E-state index contributed by atoms with van der Waals surface area (Å²) in [5.74, 6) is -0.0184. The molecular formula is C6H12N3O. The van der Waals surface area contributed by atoms with Gasteiger partial charge >= 0.3 is 0 Å². The zero-order valence-electron chi connectivity index (χ0n) is 5.81. The van der Waals surface area contributed by atoms with Crippen LogP contribution in [0.4, 0.5) is 0 Å². The highest BCUT2D eigenvalue weighted by atomic mass is 16.1. The molecule has 4 nitrogen and oxygen atoms in total. The lowest BCUT2D eigenvalue weighted by atomic mass is 10.2. The molecule has 0 fully saturated rings. The Balaban J connectivity index is 2.90. The molecule has 0 bridgehead atoms. The zero-order chi connectivity index (χ0) is 7.82. The predicted molar refractivity (Wildman–Crippen MR) is 39.5 cm³/mol. The van der Waals surface area contributed by atoms with Crippen LogP contribution in [0.3, 0.4) is 0 Å². The smallest absolute Gasteiger partial charge is 0.198 e. The highest BCUT2D eigenvalue weighted by Gasteiger charge is 1.88. The molecule has 0 spiro atoms. The van der Waals surface area contributed by atoms with Gasteiger partial charge in [0.1, 0.15) is 0 Å². The number of rotatable bonds is 5. The van der Waals surface area contributed by atoms with E-state index in [9.17, 15) is 4.79 Å². The number of nitrogens with one attached hydrogen (secondary N) is 2. The molecule has 0 aromatic rings. The maximum atomic E-state index is 9.69. The quantitative estimate of drug-likeness (QED) is 0.281. The molecule has 0 aromatic heterocycles. The fraction of sp³-hybridized carbons (Fsp3) is 0.667. The SMILES string of the molecule is N=C(N)NCCCC[C]=O. The fourth-order valence-electron chi connectivity index (χ4n) is 0.545. The first-order valence-corrected chi connectivity index (χ1v) is 3.20. The average Bonchev–Trinajstić information content (AvgIpc) is 1.87.